The fourth-order valence-electron chi connectivity index (χ4n) is 2.23. The van der Waals surface area contributed by atoms with Crippen LogP contribution in [-0.2, 0) is 4.79 Å². The van der Waals surface area contributed by atoms with E-state index in [0.29, 0.717) is 10.8 Å². The van der Waals surface area contributed by atoms with Gasteiger partial charge in [-0.25, -0.2) is 0 Å². The van der Waals surface area contributed by atoms with Gasteiger partial charge in [0.1, 0.15) is 5.75 Å². The summed E-state index contributed by atoms with van der Waals surface area (Å²) in [6.45, 7) is -0.0659. The highest BCUT2D eigenvalue weighted by molar-refractivity contribution is 6.30. The molecule has 1 aliphatic rings. The molecule has 2 N–H and O–H groups in total. The molecule has 2 unspecified atom stereocenters. The van der Waals surface area contributed by atoms with Gasteiger partial charge in [-0.05, 0) is 31.0 Å². The average Bonchev–Trinajstić information content (AvgIpc) is 2.39. The van der Waals surface area contributed by atoms with Crippen LogP contribution in [0.1, 0.15) is 25.7 Å². The van der Waals surface area contributed by atoms with Gasteiger partial charge in [-0.1, -0.05) is 30.5 Å². The summed E-state index contributed by atoms with van der Waals surface area (Å²) in [5, 5.41) is 13.1. The van der Waals surface area contributed by atoms with E-state index in [-0.39, 0.29) is 18.6 Å². The Morgan fingerprint density at radius 1 is 1.42 bits per heavy atom. The number of hydrogen-bond donors (Lipinski definition) is 2. The van der Waals surface area contributed by atoms with Crippen LogP contribution in [-0.4, -0.2) is 29.8 Å². The van der Waals surface area contributed by atoms with Crippen LogP contribution < -0.4 is 10.1 Å². The van der Waals surface area contributed by atoms with Crippen molar-refractivity contribution in [1.82, 2.24) is 5.32 Å². The van der Waals surface area contributed by atoms with Crippen LogP contribution in [0.25, 0.3) is 0 Å². The third-order valence-corrected chi connectivity index (χ3v) is 3.48. The molecule has 0 heterocycles. The van der Waals surface area contributed by atoms with E-state index in [0.717, 1.165) is 25.7 Å². The maximum absolute atomic E-state index is 11.7. The molecular weight excluding hydrogens is 266 g/mol. The molecule has 0 aliphatic heterocycles. The highest BCUT2D eigenvalue weighted by atomic mass is 35.5. The standard InChI is InChI=1S/C14H18ClNO3/c15-10-4-3-5-11(8-10)19-9-14(18)16-12-6-1-2-7-13(12)17/h3-5,8,12-13,17H,1-2,6-7,9H2,(H,16,18). The Labute approximate surface area is 117 Å². The van der Waals surface area contributed by atoms with Crippen LogP contribution in [0.15, 0.2) is 24.3 Å². The zero-order valence-electron chi connectivity index (χ0n) is 10.6. The number of rotatable bonds is 4. The molecule has 1 saturated carbocycles. The lowest BCUT2D eigenvalue weighted by molar-refractivity contribution is -0.125. The largest absolute Gasteiger partial charge is 0.484 e. The lowest BCUT2D eigenvalue weighted by atomic mass is 9.92. The molecule has 0 saturated heterocycles. The van der Waals surface area contributed by atoms with E-state index in [9.17, 15) is 9.90 Å². The zero-order chi connectivity index (χ0) is 13.7. The normalized spacial score (nSPS) is 22.8. The molecular formula is C14H18ClNO3. The third-order valence-electron chi connectivity index (χ3n) is 3.24. The number of halogens is 1. The average molecular weight is 284 g/mol. The SMILES string of the molecule is O=C(COc1cccc(Cl)c1)NC1CCCCC1O. The summed E-state index contributed by atoms with van der Waals surface area (Å²) in [7, 11) is 0. The zero-order valence-corrected chi connectivity index (χ0v) is 11.4. The number of hydrogen-bond acceptors (Lipinski definition) is 3. The second-order valence-electron chi connectivity index (χ2n) is 4.77. The maximum atomic E-state index is 11.7. The van der Waals surface area contributed by atoms with E-state index in [2.05, 4.69) is 5.32 Å². The highest BCUT2D eigenvalue weighted by Crippen LogP contribution is 2.19. The van der Waals surface area contributed by atoms with Gasteiger partial charge in [0.25, 0.3) is 5.91 Å². The second kappa shape index (κ2) is 6.78. The number of carbonyl (C=O) groups is 1. The van der Waals surface area contributed by atoms with Gasteiger partial charge in [-0.2, -0.15) is 0 Å². The van der Waals surface area contributed by atoms with Crippen molar-refractivity contribution in [3.63, 3.8) is 0 Å². The van der Waals surface area contributed by atoms with Crippen molar-refractivity contribution in [2.75, 3.05) is 6.61 Å². The Hall–Kier alpha value is -1.26. The van der Waals surface area contributed by atoms with Gasteiger partial charge in [0.05, 0.1) is 12.1 Å². The molecule has 1 amide bonds. The van der Waals surface area contributed by atoms with Crippen LogP contribution in [0.2, 0.25) is 5.02 Å². The smallest absolute Gasteiger partial charge is 0.258 e. The maximum Gasteiger partial charge on any atom is 0.258 e. The summed E-state index contributed by atoms with van der Waals surface area (Å²) in [6, 6.07) is 6.76. The first-order valence-electron chi connectivity index (χ1n) is 6.51. The molecule has 0 bridgehead atoms. The van der Waals surface area contributed by atoms with Crippen molar-refractivity contribution in [2.24, 2.45) is 0 Å². The van der Waals surface area contributed by atoms with E-state index in [1.165, 1.54) is 0 Å². The number of aliphatic hydroxyl groups is 1. The van der Waals surface area contributed by atoms with Crippen LogP contribution in [0.5, 0.6) is 5.75 Å². The van der Waals surface area contributed by atoms with Crippen molar-refractivity contribution in [3.05, 3.63) is 29.3 Å². The van der Waals surface area contributed by atoms with Crippen molar-refractivity contribution in [1.29, 1.82) is 0 Å². The van der Waals surface area contributed by atoms with E-state index >= 15 is 0 Å². The Balaban J connectivity index is 1.78. The summed E-state index contributed by atoms with van der Waals surface area (Å²) < 4.78 is 5.35. The number of nitrogens with one attached hydrogen (secondary N) is 1. The lowest BCUT2D eigenvalue weighted by Crippen LogP contribution is -2.46. The van der Waals surface area contributed by atoms with Crippen LogP contribution >= 0.6 is 11.6 Å². The molecule has 2 rings (SSSR count). The molecule has 19 heavy (non-hydrogen) atoms. The van der Waals surface area contributed by atoms with Gasteiger partial charge in [-0.3, -0.25) is 4.79 Å². The Morgan fingerprint density at radius 2 is 2.21 bits per heavy atom. The summed E-state index contributed by atoms with van der Waals surface area (Å²) in [5.41, 5.74) is 0. The minimum absolute atomic E-state index is 0.0659. The number of amides is 1. The molecule has 0 spiro atoms. The quantitative estimate of drug-likeness (QED) is 0.890. The first-order chi connectivity index (χ1) is 9.15. The highest BCUT2D eigenvalue weighted by Gasteiger charge is 2.24. The predicted molar refractivity (Wildman–Crippen MR) is 73.4 cm³/mol. The fourth-order valence-corrected chi connectivity index (χ4v) is 2.41. The van der Waals surface area contributed by atoms with E-state index < -0.39 is 6.10 Å². The fraction of sp³-hybridized carbons (Fsp3) is 0.500. The van der Waals surface area contributed by atoms with Gasteiger partial charge < -0.3 is 15.2 Å². The van der Waals surface area contributed by atoms with Crippen LogP contribution in [0.3, 0.4) is 0 Å². The number of ether oxygens (including phenoxy) is 1. The monoisotopic (exact) mass is 283 g/mol. The van der Waals surface area contributed by atoms with Crippen molar-refractivity contribution in [2.45, 2.75) is 37.8 Å². The summed E-state index contributed by atoms with van der Waals surface area (Å²) in [6.07, 6.45) is 3.19. The van der Waals surface area contributed by atoms with Crippen molar-refractivity contribution in [3.8, 4) is 5.75 Å². The van der Waals surface area contributed by atoms with E-state index in [1.54, 1.807) is 24.3 Å². The first-order valence-corrected chi connectivity index (χ1v) is 6.89. The van der Waals surface area contributed by atoms with Gasteiger partial charge >= 0.3 is 0 Å². The van der Waals surface area contributed by atoms with Crippen LogP contribution in [0, 0.1) is 0 Å². The summed E-state index contributed by atoms with van der Waals surface area (Å²) >= 11 is 5.82. The molecule has 104 valence electrons. The molecule has 0 aromatic heterocycles. The van der Waals surface area contributed by atoms with E-state index in [1.807, 2.05) is 0 Å². The molecule has 1 aromatic rings. The van der Waals surface area contributed by atoms with Crippen LogP contribution in [0.4, 0.5) is 0 Å². The predicted octanol–water partition coefficient (Wildman–Crippen LogP) is 2.14. The van der Waals surface area contributed by atoms with Gasteiger partial charge in [0, 0.05) is 5.02 Å². The minimum atomic E-state index is -0.441. The molecule has 4 nitrogen and oxygen atoms in total. The Morgan fingerprint density at radius 3 is 2.95 bits per heavy atom. The number of carbonyl (C=O) groups excluding carboxylic acids is 1. The molecule has 2 atom stereocenters. The molecule has 5 heteroatoms. The summed E-state index contributed by atoms with van der Waals surface area (Å²) in [5.74, 6) is 0.345. The lowest BCUT2D eigenvalue weighted by Gasteiger charge is -2.28. The third kappa shape index (κ3) is 4.40. The van der Waals surface area contributed by atoms with Crippen molar-refractivity contribution >= 4 is 17.5 Å². The Kier molecular flexibility index (Phi) is 5.05. The van der Waals surface area contributed by atoms with Gasteiger partial charge in [0.15, 0.2) is 6.61 Å². The molecule has 0 radical (unpaired) electrons. The topological polar surface area (TPSA) is 58.6 Å². The summed E-state index contributed by atoms with van der Waals surface area (Å²) in [4.78, 5) is 11.7. The minimum Gasteiger partial charge on any atom is -0.484 e. The Bertz CT molecular complexity index is 438. The number of benzene rings is 1. The van der Waals surface area contributed by atoms with Gasteiger partial charge in [0.2, 0.25) is 0 Å². The van der Waals surface area contributed by atoms with Gasteiger partial charge in [-0.15, -0.1) is 0 Å². The van der Waals surface area contributed by atoms with E-state index in [4.69, 9.17) is 16.3 Å². The first kappa shape index (κ1) is 14.2. The molecule has 1 fully saturated rings. The van der Waals surface area contributed by atoms with Crippen molar-refractivity contribution < 1.29 is 14.6 Å². The number of aliphatic hydroxyl groups excluding tert-OH is 1. The molecule has 1 aromatic carbocycles. The molecule has 1 aliphatic carbocycles. The second-order valence-corrected chi connectivity index (χ2v) is 5.21.